The summed E-state index contributed by atoms with van der Waals surface area (Å²) >= 11 is 3.56. The van der Waals surface area contributed by atoms with Crippen molar-refractivity contribution in [3.8, 4) is 0 Å². The third kappa shape index (κ3) is 4.32. The van der Waals surface area contributed by atoms with Gasteiger partial charge in [0, 0.05) is 29.3 Å². The van der Waals surface area contributed by atoms with Gasteiger partial charge >= 0.3 is 0 Å². The van der Waals surface area contributed by atoms with Gasteiger partial charge in [-0.05, 0) is 43.5 Å². The van der Waals surface area contributed by atoms with Crippen molar-refractivity contribution in [3.63, 3.8) is 0 Å². The third-order valence-corrected chi connectivity index (χ3v) is 3.15. The first-order valence-corrected chi connectivity index (χ1v) is 6.99. The molecule has 0 aromatic heterocycles. The standard InChI is InChI=1S/C14H23BrN2/c1-10(2)9-17(11(3)4)14-6-12(8-16)5-13(15)7-14/h5-7,10-11H,8-9,16H2,1-4H3. The molecular weight excluding hydrogens is 276 g/mol. The lowest BCUT2D eigenvalue weighted by Gasteiger charge is -2.31. The molecule has 1 aromatic carbocycles. The molecule has 0 aliphatic heterocycles. The Morgan fingerprint density at radius 3 is 2.29 bits per heavy atom. The first-order valence-electron chi connectivity index (χ1n) is 6.20. The fourth-order valence-corrected chi connectivity index (χ4v) is 2.45. The number of nitrogens with zero attached hydrogens (tertiary/aromatic N) is 1. The second-order valence-electron chi connectivity index (χ2n) is 5.16. The predicted octanol–water partition coefficient (Wildman–Crippen LogP) is 3.78. The van der Waals surface area contributed by atoms with Crippen LogP contribution >= 0.6 is 15.9 Å². The quantitative estimate of drug-likeness (QED) is 0.896. The van der Waals surface area contributed by atoms with Gasteiger partial charge in [0.2, 0.25) is 0 Å². The van der Waals surface area contributed by atoms with E-state index in [9.17, 15) is 0 Å². The van der Waals surface area contributed by atoms with Crippen LogP contribution in [0.1, 0.15) is 33.3 Å². The van der Waals surface area contributed by atoms with Gasteiger partial charge in [-0.3, -0.25) is 0 Å². The summed E-state index contributed by atoms with van der Waals surface area (Å²) in [6.45, 7) is 10.6. The van der Waals surface area contributed by atoms with Crippen molar-refractivity contribution in [2.45, 2.75) is 40.3 Å². The lowest BCUT2D eigenvalue weighted by Crippen LogP contribution is -2.34. The summed E-state index contributed by atoms with van der Waals surface area (Å²) in [6.07, 6.45) is 0. The van der Waals surface area contributed by atoms with Gasteiger partial charge in [0.05, 0.1) is 0 Å². The number of halogens is 1. The maximum Gasteiger partial charge on any atom is 0.0383 e. The Bertz CT molecular complexity index is 361. The minimum atomic E-state index is 0.498. The van der Waals surface area contributed by atoms with Crippen LogP contribution in [-0.2, 0) is 6.54 Å². The highest BCUT2D eigenvalue weighted by Crippen LogP contribution is 2.25. The summed E-state index contributed by atoms with van der Waals surface area (Å²) < 4.78 is 1.10. The van der Waals surface area contributed by atoms with E-state index in [-0.39, 0.29) is 0 Å². The molecule has 0 radical (unpaired) electrons. The molecule has 1 aromatic rings. The van der Waals surface area contributed by atoms with Crippen LogP contribution in [0.15, 0.2) is 22.7 Å². The zero-order valence-electron chi connectivity index (χ0n) is 11.2. The van der Waals surface area contributed by atoms with Gasteiger partial charge in [-0.15, -0.1) is 0 Å². The van der Waals surface area contributed by atoms with Gasteiger partial charge < -0.3 is 10.6 Å². The van der Waals surface area contributed by atoms with Crippen LogP contribution < -0.4 is 10.6 Å². The largest absolute Gasteiger partial charge is 0.369 e. The van der Waals surface area contributed by atoms with Crippen LogP contribution in [0.4, 0.5) is 5.69 Å². The minimum Gasteiger partial charge on any atom is -0.369 e. The number of hydrogen-bond donors (Lipinski definition) is 1. The van der Waals surface area contributed by atoms with Crippen LogP contribution in [0.25, 0.3) is 0 Å². The molecule has 0 saturated heterocycles. The molecular formula is C14H23BrN2. The molecule has 0 atom stereocenters. The molecule has 0 aliphatic carbocycles. The molecule has 0 spiro atoms. The highest BCUT2D eigenvalue weighted by molar-refractivity contribution is 9.10. The van der Waals surface area contributed by atoms with Gasteiger partial charge in [0.25, 0.3) is 0 Å². The molecule has 3 heteroatoms. The molecule has 0 amide bonds. The molecule has 17 heavy (non-hydrogen) atoms. The van der Waals surface area contributed by atoms with E-state index >= 15 is 0 Å². The van der Waals surface area contributed by atoms with E-state index in [0.717, 1.165) is 11.0 Å². The average molecular weight is 299 g/mol. The fourth-order valence-electron chi connectivity index (χ4n) is 1.92. The van der Waals surface area contributed by atoms with E-state index in [2.05, 4.69) is 66.7 Å². The Hall–Kier alpha value is -0.540. The summed E-state index contributed by atoms with van der Waals surface area (Å²) in [4.78, 5) is 2.43. The number of benzene rings is 1. The van der Waals surface area contributed by atoms with E-state index in [0.29, 0.717) is 18.5 Å². The summed E-state index contributed by atoms with van der Waals surface area (Å²) in [5.41, 5.74) is 8.15. The van der Waals surface area contributed by atoms with Crippen LogP contribution in [0, 0.1) is 5.92 Å². The molecule has 0 bridgehead atoms. The summed E-state index contributed by atoms with van der Waals surface area (Å²) in [5, 5.41) is 0. The van der Waals surface area contributed by atoms with E-state index < -0.39 is 0 Å². The van der Waals surface area contributed by atoms with Gasteiger partial charge in [-0.2, -0.15) is 0 Å². The molecule has 96 valence electrons. The molecule has 0 saturated carbocycles. The smallest absolute Gasteiger partial charge is 0.0383 e. The van der Waals surface area contributed by atoms with Crippen molar-refractivity contribution in [1.29, 1.82) is 0 Å². The molecule has 1 rings (SSSR count). The average Bonchev–Trinajstić information content (AvgIpc) is 2.24. The predicted molar refractivity (Wildman–Crippen MR) is 79.4 cm³/mol. The Balaban J connectivity index is 3.04. The Labute approximate surface area is 113 Å². The summed E-state index contributed by atoms with van der Waals surface area (Å²) in [6, 6.07) is 6.93. The molecule has 0 aliphatic rings. The monoisotopic (exact) mass is 298 g/mol. The number of nitrogens with two attached hydrogens (primary N) is 1. The lowest BCUT2D eigenvalue weighted by molar-refractivity contribution is 0.571. The van der Waals surface area contributed by atoms with Crippen molar-refractivity contribution < 1.29 is 0 Å². The number of hydrogen-bond acceptors (Lipinski definition) is 2. The SMILES string of the molecule is CC(C)CN(c1cc(Br)cc(CN)c1)C(C)C. The van der Waals surface area contributed by atoms with Gasteiger partial charge in [-0.25, -0.2) is 0 Å². The van der Waals surface area contributed by atoms with E-state index in [1.165, 1.54) is 11.3 Å². The maximum atomic E-state index is 5.73. The van der Waals surface area contributed by atoms with Gasteiger partial charge in [-0.1, -0.05) is 29.8 Å². The summed E-state index contributed by atoms with van der Waals surface area (Å²) in [7, 11) is 0. The molecule has 0 heterocycles. The second-order valence-corrected chi connectivity index (χ2v) is 6.08. The third-order valence-electron chi connectivity index (χ3n) is 2.69. The molecule has 0 unspecified atom stereocenters. The Morgan fingerprint density at radius 2 is 1.82 bits per heavy atom. The van der Waals surface area contributed by atoms with Crippen molar-refractivity contribution in [2.24, 2.45) is 11.7 Å². The summed E-state index contributed by atoms with van der Waals surface area (Å²) in [5.74, 6) is 0.651. The van der Waals surface area contributed by atoms with Crippen molar-refractivity contribution in [1.82, 2.24) is 0 Å². The van der Waals surface area contributed by atoms with Crippen molar-refractivity contribution in [3.05, 3.63) is 28.2 Å². The first kappa shape index (κ1) is 14.5. The Kier molecular flexibility index (Phi) is 5.47. The minimum absolute atomic E-state index is 0.498. The van der Waals surface area contributed by atoms with E-state index in [1.54, 1.807) is 0 Å². The molecule has 2 nitrogen and oxygen atoms in total. The zero-order valence-corrected chi connectivity index (χ0v) is 12.8. The van der Waals surface area contributed by atoms with Gasteiger partial charge in [0.1, 0.15) is 0 Å². The van der Waals surface area contributed by atoms with Crippen molar-refractivity contribution in [2.75, 3.05) is 11.4 Å². The molecule has 2 N–H and O–H groups in total. The highest BCUT2D eigenvalue weighted by Gasteiger charge is 2.13. The molecule has 0 fully saturated rings. The van der Waals surface area contributed by atoms with Crippen LogP contribution in [-0.4, -0.2) is 12.6 Å². The zero-order chi connectivity index (χ0) is 13.0. The fraction of sp³-hybridized carbons (Fsp3) is 0.571. The van der Waals surface area contributed by atoms with Gasteiger partial charge in [0.15, 0.2) is 0 Å². The normalized spacial score (nSPS) is 11.3. The number of rotatable bonds is 5. The topological polar surface area (TPSA) is 29.3 Å². The Morgan fingerprint density at radius 1 is 1.18 bits per heavy atom. The van der Waals surface area contributed by atoms with Crippen molar-refractivity contribution >= 4 is 21.6 Å². The van der Waals surface area contributed by atoms with Crippen LogP contribution in [0.5, 0.6) is 0 Å². The van der Waals surface area contributed by atoms with Crippen LogP contribution in [0.2, 0.25) is 0 Å². The number of anilines is 1. The van der Waals surface area contributed by atoms with E-state index in [4.69, 9.17) is 5.73 Å². The maximum absolute atomic E-state index is 5.73. The highest BCUT2D eigenvalue weighted by atomic mass is 79.9. The van der Waals surface area contributed by atoms with E-state index in [1.807, 2.05) is 0 Å². The first-order chi connectivity index (χ1) is 7.93. The second kappa shape index (κ2) is 6.41. The lowest BCUT2D eigenvalue weighted by atomic mass is 10.1. The van der Waals surface area contributed by atoms with Crippen LogP contribution in [0.3, 0.4) is 0 Å².